The van der Waals surface area contributed by atoms with Gasteiger partial charge >= 0.3 is 17.1 Å². The van der Waals surface area contributed by atoms with Crippen molar-refractivity contribution < 1.29 is 0 Å². The maximum Gasteiger partial charge on any atom is 0.354 e. The molecule has 0 amide bonds. The Morgan fingerprint density at radius 2 is 1.25 bits per heavy atom. The monoisotopic (exact) mass is 172 g/mol. The van der Waals surface area contributed by atoms with Gasteiger partial charge in [0.05, 0.1) is 0 Å². The molecule has 0 aliphatic rings. The maximum absolute atomic E-state index is 11.0. The van der Waals surface area contributed by atoms with Crippen LogP contribution in [0, 0.1) is 0 Å². The van der Waals surface area contributed by atoms with Crippen molar-refractivity contribution in [1.82, 2.24) is 13.8 Å². The molecule has 1 aromatic rings. The first-order valence-electron chi connectivity index (χ1n) is 3.11. The zero-order chi connectivity index (χ0) is 9.46. The van der Waals surface area contributed by atoms with E-state index in [1.165, 1.54) is 14.1 Å². The molecule has 0 bridgehead atoms. The Labute approximate surface area is 66.2 Å². The topological polar surface area (TPSA) is 92.0 Å². The van der Waals surface area contributed by atoms with E-state index in [9.17, 15) is 14.4 Å². The highest BCUT2D eigenvalue weighted by atomic mass is 16.2. The van der Waals surface area contributed by atoms with Gasteiger partial charge in [0.2, 0.25) is 0 Å². The molecule has 0 aromatic carbocycles. The van der Waals surface area contributed by atoms with Gasteiger partial charge in [-0.3, -0.25) is 0 Å². The predicted molar refractivity (Wildman–Crippen MR) is 41.3 cm³/mol. The number of aromatic nitrogens is 3. The number of hydrogen-bond acceptors (Lipinski definition) is 4. The van der Waals surface area contributed by atoms with Gasteiger partial charge in [0.15, 0.2) is 0 Å². The first-order chi connectivity index (χ1) is 5.46. The van der Waals surface area contributed by atoms with Gasteiger partial charge in [0, 0.05) is 14.1 Å². The Morgan fingerprint density at radius 1 is 0.917 bits per heavy atom. The van der Waals surface area contributed by atoms with Crippen LogP contribution in [0.2, 0.25) is 0 Å². The molecule has 0 atom stereocenters. The van der Waals surface area contributed by atoms with E-state index in [1.807, 2.05) is 0 Å². The summed E-state index contributed by atoms with van der Waals surface area (Å²) in [6, 6.07) is 0. The summed E-state index contributed by atoms with van der Waals surface area (Å²) < 4.78 is 1.88. The Balaban J connectivity index is 4.00. The first kappa shape index (κ1) is 8.31. The predicted octanol–water partition coefficient (Wildman–Crippen LogP) is -3.04. The van der Waals surface area contributed by atoms with Crippen molar-refractivity contribution in [3.05, 3.63) is 31.5 Å². The SMILES string of the molecule is Cn1c(=O)n(C)c(=O)n(N)c1=O. The molecule has 0 saturated carbocycles. The molecule has 0 saturated heterocycles. The van der Waals surface area contributed by atoms with Gasteiger partial charge in [-0.25, -0.2) is 23.5 Å². The van der Waals surface area contributed by atoms with Crippen molar-refractivity contribution in [3.63, 3.8) is 0 Å². The fourth-order valence-corrected chi connectivity index (χ4v) is 0.794. The lowest BCUT2D eigenvalue weighted by Gasteiger charge is -2.02. The van der Waals surface area contributed by atoms with E-state index < -0.39 is 17.1 Å². The Bertz CT molecular complexity index is 375. The number of rotatable bonds is 0. The van der Waals surface area contributed by atoms with E-state index in [0.29, 0.717) is 4.68 Å². The van der Waals surface area contributed by atoms with Crippen molar-refractivity contribution in [2.45, 2.75) is 0 Å². The van der Waals surface area contributed by atoms with Gasteiger partial charge in [-0.15, -0.1) is 0 Å². The van der Waals surface area contributed by atoms with E-state index in [2.05, 4.69) is 0 Å². The summed E-state index contributed by atoms with van der Waals surface area (Å²) in [5.74, 6) is 5.06. The molecule has 7 heteroatoms. The molecule has 1 aromatic heterocycles. The second kappa shape index (κ2) is 2.36. The van der Waals surface area contributed by atoms with Crippen LogP contribution in [0.1, 0.15) is 0 Å². The lowest BCUT2D eigenvalue weighted by molar-refractivity contribution is 0.568. The number of nitrogens with zero attached hydrogens (tertiary/aromatic N) is 3. The van der Waals surface area contributed by atoms with Crippen LogP contribution in [0.15, 0.2) is 14.4 Å². The average Bonchev–Trinajstić information content (AvgIpc) is 2.08. The number of nitrogen functional groups attached to an aromatic ring is 1. The summed E-state index contributed by atoms with van der Waals surface area (Å²) in [6.45, 7) is 0. The lowest BCUT2D eigenvalue weighted by Crippen LogP contribution is -2.55. The lowest BCUT2D eigenvalue weighted by atomic mass is 10.8. The van der Waals surface area contributed by atoms with E-state index in [0.717, 1.165) is 9.13 Å². The molecule has 2 N–H and O–H groups in total. The highest BCUT2D eigenvalue weighted by Gasteiger charge is 2.06. The molecule has 0 unspecified atom stereocenters. The van der Waals surface area contributed by atoms with Gasteiger partial charge in [-0.05, 0) is 0 Å². The molecule has 1 heterocycles. The van der Waals surface area contributed by atoms with E-state index in [-0.39, 0.29) is 0 Å². The van der Waals surface area contributed by atoms with Gasteiger partial charge in [-0.2, -0.15) is 4.68 Å². The fraction of sp³-hybridized carbons (Fsp3) is 0.400. The molecular formula is C5H8N4O3. The standard InChI is InChI=1S/C5H8N4O3/c1-7-3(10)8(2)5(12)9(6)4(7)11/h6H2,1-2H3. The van der Waals surface area contributed by atoms with Crippen LogP contribution in [0.5, 0.6) is 0 Å². The van der Waals surface area contributed by atoms with E-state index >= 15 is 0 Å². The molecule has 7 nitrogen and oxygen atoms in total. The number of hydrogen-bond donors (Lipinski definition) is 1. The van der Waals surface area contributed by atoms with Crippen LogP contribution in [-0.2, 0) is 14.1 Å². The fourth-order valence-electron chi connectivity index (χ4n) is 0.794. The van der Waals surface area contributed by atoms with Gasteiger partial charge in [0.25, 0.3) is 0 Å². The zero-order valence-electron chi connectivity index (χ0n) is 6.64. The van der Waals surface area contributed by atoms with Crippen molar-refractivity contribution in [3.8, 4) is 0 Å². The minimum absolute atomic E-state index is 0.376. The minimum atomic E-state index is -0.830. The van der Waals surface area contributed by atoms with Crippen LogP contribution < -0.4 is 22.9 Å². The summed E-state index contributed by atoms with van der Waals surface area (Å²) >= 11 is 0. The first-order valence-corrected chi connectivity index (χ1v) is 3.11. The highest BCUT2D eigenvalue weighted by molar-refractivity contribution is 4.74. The van der Waals surface area contributed by atoms with Crippen molar-refractivity contribution >= 4 is 0 Å². The largest absolute Gasteiger partial charge is 0.354 e. The van der Waals surface area contributed by atoms with Gasteiger partial charge < -0.3 is 5.84 Å². The third-order valence-electron chi connectivity index (χ3n) is 1.56. The Morgan fingerprint density at radius 3 is 1.58 bits per heavy atom. The Hall–Kier alpha value is -1.79. The summed E-state index contributed by atoms with van der Waals surface area (Å²) in [5.41, 5.74) is -2.35. The minimum Gasteiger partial charge on any atom is -0.331 e. The van der Waals surface area contributed by atoms with Crippen LogP contribution >= 0.6 is 0 Å². The quantitative estimate of drug-likeness (QED) is 0.421. The highest BCUT2D eigenvalue weighted by Crippen LogP contribution is 1.55. The molecule has 0 spiro atoms. The summed E-state index contributed by atoms with van der Waals surface area (Å²) in [6.07, 6.45) is 0. The molecule has 0 fully saturated rings. The van der Waals surface area contributed by atoms with Gasteiger partial charge in [-0.1, -0.05) is 0 Å². The molecule has 0 radical (unpaired) electrons. The molecule has 66 valence electrons. The van der Waals surface area contributed by atoms with Crippen LogP contribution in [0.4, 0.5) is 0 Å². The summed E-state index contributed by atoms with van der Waals surface area (Å²) in [5, 5.41) is 0. The molecule has 0 aliphatic carbocycles. The Kier molecular flexibility index (Phi) is 1.64. The second-order valence-electron chi connectivity index (χ2n) is 2.34. The number of nitrogens with two attached hydrogens (primary N) is 1. The molecule has 1 rings (SSSR count). The van der Waals surface area contributed by atoms with Gasteiger partial charge in [0.1, 0.15) is 0 Å². The molecular weight excluding hydrogens is 164 g/mol. The molecule has 0 aliphatic heterocycles. The van der Waals surface area contributed by atoms with Crippen LogP contribution in [0.3, 0.4) is 0 Å². The summed E-state index contributed by atoms with van der Waals surface area (Å²) in [4.78, 5) is 32.9. The average molecular weight is 172 g/mol. The zero-order valence-corrected chi connectivity index (χ0v) is 6.64. The van der Waals surface area contributed by atoms with E-state index in [4.69, 9.17) is 5.84 Å². The van der Waals surface area contributed by atoms with Crippen molar-refractivity contribution in [1.29, 1.82) is 0 Å². The van der Waals surface area contributed by atoms with Crippen LogP contribution in [0.25, 0.3) is 0 Å². The molecule has 12 heavy (non-hydrogen) atoms. The normalized spacial score (nSPS) is 10.2. The smallest absolute Gasteiger partial charge is 0.331 e. The third kappa shape index (κ3) is 0.865. The summed E-state index contributed by atoms with van der Waals surface area (Å²) in [7, 11) is 2.49. The van der Waals surface area contributed by atoms with Crippen LogP contribution in [-0.4, -0.2) is 13.8 Å². The van der Waals surface area contributed by atoms with Crippen molar-refractivity contribution in [2.75, 3.05) is 5.84 Å². The van der Waals surface area contributed by atoms with E-state index in [1.54, 1.807) is 0 Å². The third-order valence-corrected chi connectivity index (χ3v) is 1.56. The second-order valence-corrected chi connectivity index (χ2v) is 2.34. The van der Waals surface area contributed by atoms with Crippen molar-refractivity contribution in [2.24, 2.45) is 14.1 Å². The maximum atomic E-state index is 11.0.